The number of imide groups is 1. The van der Waals surface area contributed by atoms with Crippen molar-refractivity contribution in [3.05, 3.63) is 46.5 Å². The highest BCUT2D eigenvalue weighted by Crippen LogP contribution is 2.35. The minimum Gasteiger partial charge on any atom is -0.278 e. The van der Waals surface area contributed by atoms with E-state index in [1.807, 2.05) is 36.4 Å². The van der Waals surface area contributed by atoms with Crippen LogP contribution in [0.1, 0.15) is 18.4 Å². The van der Waals surface area contributed by atoms with Gasteiger partial charge in [-0.15, -0.1) is 0 Å². The number of hydrogen-bond acceptors (Lipinski definition) is 2. The molecule has 3 rings (SSSR count). The van der Waals surface area contributed by atoms with Crippen molar-refractivity contribution in [3.8, 4) is 0 Å². The molecule has 2 atom stereocenters. The summed E-state index contributed by atoms with van der Waals surface area (Å²) in [7, 11) is 0. The molecular weight excluding hydrogens is 306 g/mol. The van der Waals surface area contributed by atoms with Gasteiger partial charge in [0.05, 0.1) is 18.4 Å². The lowest BCUT2D eigenvalue weighted by Gasteiger charge is -2.14. The van der Waals surface area contributed by atoms with E-state index in [9.17, 15) is 9.59 Å². The predicted octanol–water partition coefficient (Wildman–Crippen LogP) is 2.90. The van der Waals surface area contributed by atoms with E-state index in [0.717, 1.165) is 10.0 Å². The number of amides is 2. The number of benzene rings is 1. The van der Waals surface area contributed by atoms with Gasteiger partial charge in [0, 0.05) is 4.47 Å². The van der Waals surface area contributed by atoms with Crippen molar-refractivity contribution in [3.63, 3.8) is 0 Å². The Bertz CT molecular complexity index is 541. The molecule has 1 fully saturated rings. The quantitative estimate of drug-likeness (QED) is 0.621. The van der Waals surface area contributed by atoms with Gasteiger partial charge in [0.2, 0.25) is 11.8 Å². The van der Waals surface area contributed by atoms with Gasteiger partial charge in [0.1, 0.15) is 0 Å². The Morgan fingerprint density at radius 3 is 2.32 bits per heavy atom. The van der Waals surface area contributed by atoms with E-state index in [1.54, 1.807) is 0 Å². The number of allylic oxidation sites excluding steroid dienone is 2. The molecule has 0 N–H and O–H groups in total. The molecule has 2 amide bonds. The Kier molecular flexibility index (Phi) is 3.27. The first kappa shape index (κ1) is 12.6. The maximum absolute atomic E-state index is 12.3. The van der Waals surface area contributed by atoms with Crippen LogP contribution >= 0.6 is 15.9 Å². The van der Waals surface area contributed by atoms with Crippen LogP contribution < -0.4 is 0 Å². The van der Waals surface area contributed by atoms with E-state index >= 15 is 0 Å². The Morgan fingerprint density at radius 1 is 1.11 bits per heavy atom. The fourth-order valence-corrected chi connectivity index (χ4v) is 3.29. The fraction of sp³-hybridized carbons (Fsp3) is 0.333. The number of carbonyl (C=O) groups is 2. The van der Waals surface area contributed by atoms with Crippen LogP contribution in [0.25, 0.3) is 0 Å². The molecule has 1 heterocycles. The van der Waals surface area contributed by atoms with E-state index in [1.165, 1.54) is 4.90 Å². The second kappa shape index (κ2) is 4.93. The molecule has 19 heavy (non-hydrogen) atoms. The summed E-state index contributed by atoms with van der Waals surface area (Å²) in [5.74, 6) is -0.298. The molecule has 1 aromatic rings. The number of rotatable bonds is 2. The SMILES string of the molecule is O=C1C2CC=CCC2C(=O)N1Cc1cccc(Br)c1. The molecule has 0 aromatic heterocycles. The summed E-state index contributed by atoms with van der Waals surface area (Å²) >= 11 is 3.40. The van der Waals surface area contributed by atoms with Gasteiger partial charge in [-0.1, -0.05) is 40.2 Å². The van der Waals surface area contributed by atoms with Gasteiger partial charge >= 0.3 is 0 Å². The summed E-state index contributed by atoms with van der Waals surface area (Å²) in [6.45, 7) is 0.379. The maximum Gasteiger partial charge on any atom is 0.233 e. The molecule has 1 aliphatic carbocycles. The Labute approximate surface area is 120 Å². The van der Waals surface area contributed by atoms with Crippen LogP contribution in [0.5, 0.6) is 0 Å². The number of carbonyl (C=O) groups excluding carboxylic acids is 2. The van der Waals surface area contributed by atoms with Crippen LogP contribution in [0.2, 0.25) is 0 Å². The molecule has 1 saturated heterocycles. The minimum absolute atomic E-state index is 0.0145. The molecule has 1 aromatic carbocycles. The van der Waals surface area contributed by atoms with Gasteiger partial charge < -0.3 is 0 Å². The van der Waals surface area contributed by atoms with Gasteiger partial charge in [-0.05, 0) is 30.5 Å². The number of hydrogen-bond donors (Lipinski definition) is 0. The highest BCUT2D eigenvalue weighted by molar-refractivity contribution is 9.10. The molecular formula is C15H14BrNO2. The van der Waals surface area contributed by atoms with Crippen molar-refractivity contribution >= 4 is 27.7 Å². The van der Waals surface area contributed by atoms with Crippen molar-refractivity contribution in [1.29, 1.82) is 0 Å². The van der Waals surface area contributed by atoms with Crippen molar-refractivity contribution in [1.82, 2.24) is 4.90 Å². The lowest BCUT2D eigenvalue weighted by atomic mass is 9.85. The third-order valence-corrected chi connectivity index (χ3v) is 4.32. The topological polar surface area (TPSA) is 37.4 Å². The van der Waals surface area contributed by atoms with Gasteiger partial charge in [-0.2, -0.15) is 0 Å². The Morgan fingerprint density at radius 2 is 1.74 bits per heavy atom. The van der Waals surface area contributed by atoms with E-state index in [0.29, 0.717) is 19.4 Å². The second-order valence-corrected chi connectivity index (χ2v) is 5.96. The molecule has 2 aliphatic rings. The molecule has 0 radical (unpaired) electrons. The van der Waals surface area contributed by atoms with E-state index in [4.69, 9.17) is 0 Å². The van der Waals surface area contributed by atoms with E-state index < -0.39 is 0 Å². The van der Waals surface area contributed by atoms with Crippen molar-refractivity contribution < 1.29 is 9.59 Å². The lowest BCUT2D eigenvalue weighted by molar-refractivity contribution is -0.140. The highest BCUT2D eigenvalue weighted by Gasteiger charge is 2.46. The largest absolute Gasteiger partial charge is 0.278 e. The number of nitrogens with zero attached hydrogens (tertiary/aromatic N) is 1. The molecule has 98 valence electrons. The molecule has 0 bridgehead atoms. The van der Waals surface area contributed by atoms with Gasteiger partial charge in [-0.25, -0.2) is 0 Å². The monoisotopic (exact) mass is 319 g/mol. The summed E-state index contributed by atoms with van der Waals surface area (Å²) in [6, 6.07) is 7.73. The van der Waals surface area contributed by atoms with Crippen molar-refractivity contribution in [2.75, 3.05) is 0 Å². The number of likely N-dealkylation sites (tertiary alicyclic amines) is 1. The fourth-order valence-electron chi connectivity index (χ4n) is 2.84. The third kappa shape index (κ3) is 2.25. The zero-order valence-electron chi connectivity index (χ0n) is 10.4. The zero-order chi connectivity index (χ0) is 13.4. The van der Waals surface area contributed by atoms with Crippen LogP contribution in [0.15, 0.2) is 40.9 Å². The smallest absolute Gasteiger partial charge is 0.233 e. The zero-order valence-corrected chi connectivity index (χ0v) is 12.0. The third-order valence-electron chi connectivity index (χ3n) is 3.83. The summed E-state index contributed by atoms with van der Waals surface area (Å²) in [4.78, 5) is 26.0. The van der Waals surface area contributed by atoms with Crippen LogP contribution in [0, 0.1) is 11.8 Å². The maximum atomic E-state index is 12.3. The lowest BCUT2D eigenvalue weighted by Crippen LogP contribution is -2.30. The van der Waals surface area contributed by atoms with Gasteiger partial charge in [-0.3, -0.25) is 14.5 Å². The average Bonchev–Trinajstić information content (AvgIpc) is 2.65. The molecule has 0 spiro atoms. The standard InChI is InChI=1S/C15H14BrNO2/c16-11-5-3-4-10(8-11)9-17-14(18)12-6-1-2-7-13(12)15(17)19/h1-5,8,12-13H,6-7,9H2. The molecule has 2 unspecified atom stereocenters. The van der Waals surface area contributed by atoms with Crippen LogP contribution in [0.3, 0.4) is 0 Å². The first-order valence-electron chi connectivity index (χ1n) is 6.41. The summed E-state index contributed by atoms with van der Waals surface area (Å²) in [6.07, 6.45) is 5.42. The summed E-state index contributed by atoms with van der Waals surface area (Å²) in [5, 5.41) is 0. The molecule has 3 nitrogen and oxygen atoms in total. The molecule has 4 heteroatoms. The highest BCUT2D eigenvalue weighted by atomic mass is 79.9. The average molecular weight is 320 g/mol. The van der Waals surface area contributed by atoms with Crippen molar-refractivity contribution in [2.45, 2.75) is 19.4 Å². The number of fused-ring (bicyclic) bond motifs is 1. The van der Waals surface area contributed by atoms with E-state index in [-0.39, 0.29) is 23.7 Å². The van der Waals surface area contributed by atoms with E-state index in [2.05, 4.69) is 15.9 Å². The summed E-state index contributed by atoms with van der Waals surface area (Å²) < 4.78 is 0.961. The van der Waals surface area contributed by atoms with Crippen LogP contribution in [0.4, 0.5) is 0 Å². The summed E-state index contributed by atoms with van der Waals surface area (Å²) in [5.41, 5.74) is 0.975. The molecule has 1 aliphatic heterocycles. The normalized spacial score (nSPS) is 25.8. The Hall–Kier alpha value is -1.42. The van der Waals surface area contributed by atoms with Crippen LogP contribution in [-0.4, -0.2) is 16.7 Å². The molecule has 0 saturated carbocycles. The van der Waals surface area contributed by atoms with Gasteiger partial charge in [0.15, 0.2) is 0 Å². The second-order valence-electron chi connectivity index (χ2n) is 5.05. The van der Waals surface area contributed by atoms with Crippen molar-refractivity contribution in [2.24, 2.45) is 11.8 Å². The number of halogens is 1. The Balaban J connectivity index is 1.82. The minimum atomic E-state index is -0.135. The first-order chi connectivity index (χ1) is 9.16. The predicted molar refractivity (Wildman–Crippen MR) is 75.1 cm³/mol. The van der Waals surface area contributed by atoms with Crippen LogP contribution in [-0.2, 0) is 16.1 Å². The first-order valence-corrected chi connectivity index (χ1v) is 7.21. The van der Waals surface area contributed by atoms with Gasteiger partial charge in [0.25, 0.3) is 0 Å².